The second-order valence-corrected chi connectivity index (χ2v) is 7.02. The van der Waals surface area contributed by atoms with E-state index in [-0.39, 0.29) is 0 Å². The quantitative estimate of drug-likeness (QED) is 0.720. The van der Waals surface area contributed by atoms with Gasteiger partial charge in [-0.2, -0.15) is 0 Å². The average molecular weight is 268 g/mol. The molecule has 0 fully saturated rings. The molecule has 1 N–H and O–H groups in total. The van der Waals surface area contributed by atoms with Crippen molar-refractivity contribution in [2.75, 3.05) is 6.54 Å². The van der Waals surface area contributed by atoms with E-state index in [0.717, 1.165) is 25.9 Å². The van der Waals surface area contributed by atoms with E-state index in [4.69, 9.17) is 4.98 Å². The van der Waals surface area contributed by atoms with Crippen LogP contribution in [0.1, 0.15) is 56.6 Å². The Bertz CT molecular complexity index is 342. The van der Waals surface area contributed by atoms with Gasteiger partial charge in [0.05, 0.1) is 10.7 Å². The third-order valence-corrected chi connectivity index (χ3v) is 3.84. The summed E-state index contributed by atoms with van der Waals surface area (Å²) >= 11 is 1.91. The summed E-state index contributed by atoms with van der Waals surface area (Å²) in [6.07, 6.45) is 3.42. The Morgan fingerprint density at radius 2 is 1.78 bits per heavy atom. The van der Waals surface area contributed by atoms with E-state index in [0.29, 0.717) is 11.8 Å². The fraction of sp³-hybridized carbons (Fsp3) is 0.800. The molecular formula is C15H28N2S. The molecule has 0 aliphatic carbocycles. The molecule has 0 saturated carbocycles. The number of thiazole rings is 1. The molecule has 2 nitrogen and oxygen atoms in total. The number of nitrogens with zero attached hydrogens (tertiary/aromatic N) is 1. The van der Waals surface area contributed by atoms with Gasteiger partial charge >= 0.3 is 0 Å². The highest BCUT2D eigenvalue weighted by atomic mass is 32.1. The molecule has 0 aliphatic rings. The highest BCUT2D eigenvalue weighted by molar-refractivity contribution is 7.11. The summed E-state index contributed by atoms with van der Waals surface area (Å²) in [5, 5.41) is 4.82. The van der Waals surface area contributed by atoms with Crippen molar-refractivity contribution < 1.29 is 0 Å². The topological polar surface area (TPSA) is 24.9 Å². The summed E-state index contributed by atoms with van der Waals surface area (Å²) in [6.45, 7) is 13.4. The van der Waals surface area contributed by atoms with Gasteiger partial charge in [-0.15, -0.1) is 11.3 Å². The van der Waals surface area contributed by atoms with Gasteiger partial charge in [0.2, 0.25) is 0 Å². The molecule has 0 saturated heterocycles. The molecule has 0 unspecified atom stereocenters. The van der Waals surface area contributed by atoms with Crippen molar-refractivity contribution in [3.05, 3.63) is 15.6 Å². The molecule has 0 spiro atoms. The van der Waals surface area contributed by atoms with Crippen molar-refractivity contribution in [2.24, 2.45) is 11.8 Å². The highest BCUT2D eigenvalue weighted by Crippen LogP contribution is 2.23. The molecule has 3 heteroatoms. The third-order valence-electron chi connectivity index (χ3n) is 2.72. The molecule has 0 aromatic carbocycles. The molecule has 18 heavy (non-hydrogen) atoms. The van der Waals surface area contributed by atoms with E-state index in [1.807, 2.05) is 11.3 Å². The average Bonchev–Trinajstić information content (AvgIpc) is 2.59. The standard InChI is InChI=1S/C15H28N2S/c1-6-7-16-10-14-13(8-11(2)3)17-15(18-14)9-12(4)5/h11-12,16H,6-10H2,1-5H3. The SMILES string of the molecule is CCCNCc1sc(CC(C)C)nc1CC(C)C. The molecule has 0 radical (unpaired) electrons. The predicted octanol–water partition coefficient (Wildman–Crippen LogP) is 4.04. The predicted molar refractivity (Wildman–Crippen MR) is 81.2 cm³/mol. The Kier molecular flexibility index (Phi) is 6.87. The molecule has 0 amide bonds. The third kappa shape index (κ3) is 5.49. The number of aromatic nitrogens is 1. The Labute approximate surface area is 116 Å². The number of hydrogen-bond donors (Lipinski definition) is 1. The first kappa shape index (κ1) is 15.6. The minimum atomic E-state index is 0.684. The van der Waals surface area contributed by atoms with Gasteiger partial charge in [0.25, 0.3) is 0 Å². The summed E-state index contributed by atoms with van der Waals surface area (Å²) in [5.41, 5.74) is 1.33. The van der Waals surface area contributed by atoms with Crippen LogP contribution in [0.25, 0.3) is 0 Å². The van der Waals surface area contributed by atoms with E-state index in [2.05, 4.69) is 39.9 Å². The summed E-state index contributed by atoms with van der Waals surface area (Å²) in [6, 6.07) is 0. The first-order chi connectivity index (χ1) is 8.52. The molecule has 1 aromatic rings. The van der Waals surface area contributed by atoms with Crippen LogP contribution in [-0.4, -0.2) is 11.5 Å². The highest BCUT2D eigenvalue weighted by Gasteiger charge is 2.13. The lowest BCUT2D eigenvalue weighted by Gasteiger charge is -2.05. The van der Waals surface area contributed by atoms with E-state index in [1.165, 1.54) is 22.0 Å². The molecule has 104 valence electrons. The first-order valence-corrected chi connectivity index (χ1v) is 8.02. The molecule has 0 bridgehead atoms. The second kappa shape index (κ2) is 7.90. The maximum absolute atomic E-state index is 4.85. The van der Waals surface area contributed by atoms with Crippen LogP contribution in [0.3, 0.4) is 0 Å². The fourth-order valence-electron chi connectivity index (χ4n) is 1.94. The zero-order valence-electron chi connectivity index (χ0n) is 12.5. The number of hydrogen-bond acceptors (Lipinski definition) is 3. The molecule has 1 rings (SSSR count). The zero-order chi connectivity index (χ0) is 13.5. The van der Waals surface area contributed by atoms with Crippen molar-refractivity contribution in [1.29, 1.82) is 0 Å². The van der Waals surface area contributed by atoms with E-state index in [9.17, 15) is 0 Å². The number of nitrogens with one attached hydrogen (secondary N) is 1. The van der Waals surface area contributed by atoms with Crippen LogP contribution in [0.2, 0.25) is 0 Å². The van der Waals surface area contributed by atoms with E-state index < -0.39 is 0 Å². The lowest BCUT2D eigenvalue weighted by Crippen LogP contribution is -2.14. The fourth-order valence-corrected chi connectivity index (χ4v) is 3.21. The molecule has 0 aliphatic heterocycles. The molecule has 0 atom stereocenters. The van der Waals surface area contributed by atoms with Gasteiger partial charge in [-0.25, -0.2) is 4.98 Å². The van der Waals surface area contributed by atoms with Gasteiger partial charge in [0, 0.05) is 17.8 Å². The minimum Gasteiger partial charge on any atom is -0.312 e. The largest absolute Gasteiger partial charge is 0.312 e. The Balaban J connectivity index is 2.72. The van der Waals surface area contributed by atoms with Crippen LogP contribution < -0.4 is 5.32 Å². The monoisotopic (exact) mass is 268 g/mol. The molecule has 1 heterocycles. The van der Waals surface area contributed by atoms with Crippen molar-refractivity contribution in [1.82, 2.24) is 10.3 Å². The smallest absolute Gasteiger partial charge is 0.0934 e. The number of rotatable bonds is 8. The van der Waals surface area contributed by atoms with E-state index >= 15 is 0 Å². The van der Waals surface area contributed by atoms with E-state index in [1.54, 1.807) is 0 Å². The maximum Gasteiger partial charge on any atom is 0.0934 e. The van der Waals surface area contributed by atoms with Gasteiger partial charge in [0.15, 0.2) is 0 Å². The zero-order valence-corrected chi connectivity index (χ0v) is 13.4. The lowest BCUT2D eigenvalue weighted by molar-refractivity contribution is 0.614. The van der Waals surface area contributed by atoms with Crippen LogP contribution in [0.5, 0.6) is 0 Å². The van der Waals surface area contributed by atoms with Gasteiger partial charge in [-0.05, 0) is 31.2 Å². The summed E-state index contributed by atoms with van der Waals surface area (Å²) < 4.78 is 0. The van der Waals surface area contributed by atoms with Gasteiger partial charge in [0.1, 0.15) is 0 Å². The van der Waals surface area contributed by atoms with Crippen LogP contribution in [0.4, 0.5) is 0 Å². The lowest BCUT2D eigenvalue weighted by atomic mass is 10.1. The van der Waals surface area contributed by atoms with Crippen LogP contribution in [-0.2, 0) is 19.4 Å². The van der Waals surface area contributed by atoms with Gasteiger partial charge in [-0.1, -0.05) is 34.6 Å². The van der Waals surface area contributed by atoms with Crippen molar-refractivity contribution in [3.8, 4) is 0 Å². The van der Waals surface area contributed by atoms with Crippen molar-refractivity contribution in [3.63, 3.8) is 0 Å². The first-order valence-electron chi connectivity index (χ1n) is 7.21. The molecular weight excluding hydrogens is 240 g/mol. The van der Waals surface area contributed by atoms with Crippen LogP contribution in [0, 0.1) is 11.8 Å². The summed E-state index contributed by atoms with van der Waals surface area (Å²) in [5.74, 6) is 1.38. The summed E-state index contributed by atoms with van der Waals surface area (Å²) in [4.78, 5) is 6.30. The van der Waals surface area contributed by atoms with Crippen LogP contribution >= 0.6 is 11.3 Å². The Hall–Kier alpha value is -0.410. The Morgan fingerprint density at radius 3 is 2.33 bits per heavy atom. The minimum absolute atomic E-state index is 0.684. The maximum atomic E-state index is 4.85. The Morgan fingerprint density at radius 1 is 1.11 bits per heavy atom. The van der Waals surface area contributed by atoms with Crippen molar-refractivity contribution in [2.45, 2.75) is 60.4 Å². The second-order valence-electron chi connectivity index (χ2n) is 5.85. The van der Waals surface area contributed by atoms with Gasteiger partial charge < -0.3 is 5.32 Å². The molecule has 1 aromatic heterocycles. The normalized spacial score (nSPS) is 11.7. The van der Waals surface area contributed by atoms with Gasteiger partial charge in [-0.3, -0.25) is 0 Å². The van der Waals surface area contributed by atoms with Crippen molar-refractivity contribution >= 4 is 11.3 Å². The summed E-state index contributed by atoms with van der Waals surface area (Å²) in [7, 11) is 0. The van der Waals surface area contributed by atoms with Crippen LogP contribution in [0.15, 0.2) is 0 Å².